The van der Waals surface area contributed by atoms with Gasteiger partial charge in [-0.15, -0.1) is 0 Å². The van der Waals surface area contributed by atoms with E-state index in [1.165, 1.54) is 5.56 Å². The van der Waals surface area contributed by atoms with E-state index in [0.29, 0.717) is 12.5 Å². The van der Waals surface area contributed by atoms with Gasteiger partial charge >= 0.3 is 0 Å². The molecule has 2 saturated heterocycles. The van der Waals surface area contributed by atoms with Crippen LogP contribution in [0.5, 0.6) is 5.75 Å². The first kappa shape index (κ1) is 22.4. The number of hydrogen-bond acceptors (Lipinski definition) is 5. The molecule has 2 aliphatic rings. The quantitative estimate of drug-likeness (QED) is 0.490. The summed E-state index contributed by atoms with van der Waals surface area (Å²) in [5.74, 6) is 1.63. The van der Waals surface area contributed by atoms with Crippen LogP contribution < -0.4 is 15.4 Å². The number of nitrogens with zero attached hydrogens (tertiary/aromatic N) is 3. The molecule has 0 bridgehead atoms. The minimum Gasteiger partial charge on any atom is -0.497 e. The Kier molecular flexibility index (Phi) is 8.77. The number of nitrogens with one attached hydrogen (secondary N) is 2. The largest absolute Gasteiger partial charge is 0.497 e. The van der Waals surface area contributed by atoms with Crippen molar-refractivity contribution in [2.24, 2.45) is 4.99 Å². The molecule has 2 heterocycles. The van der Waals surface area contributed by atoms with E-state index in [0.717, 1.165) is 64.5 Å². The van der Waals surface area contributed by atoms with E-state index in [-0.39, 0.29) is 18.5 Å². The highest BCUT2D eigenvalue weighted by Gasteiger charge is 2.23. The molecule has 1 atom stereocenters. The molecule has 8 heteroatoms. The second-order valence-electron chi connectivity index (χ2n) is 7.60. The molecular formula is C22H35N5O3. The lowest BCUT2D eigenvalue weighted by molar-refractivity contribution is -0.128. The van der Waals surface area contributed by atoms with Gasteiger partial charge in [-0.25, -0.2) is 4.99 Å². The fraction of sp³-hybridized carbons (Fsp3) is 0.636. The number of morpholine rings is 1. The number of aliphatic imine (C=N–C) groups is 1. The first-order chi connectivity index (χ1) is 14.7. The summed E-state index contributed by atoms with van der Waals surface area (Å²) in [6.07, 6.45) is 2.19. The minimum absolute atomic E-state index is 0.101. The maximum Gasteiger partial charge on any atom is 0.244 e. The SMILES string of the molecule is CCNC(=NCC(=O)N1CCCC1)NCC(c1ccc(OC)cc1)N1CCOCC1. The van der Waals surface area contributed by atoms with Gasteiger partial charge in [-0.1, -0.05) is 12.1 Å². The van der Waals surface area contributed by atoms with Gasteiger partial charge in [-0.05, 0) is 37.5 Å². The number of amides is 1. The zero-order valence-corrected chi connectivity index (χ0v) is 18.2. The Morgan fingerprint density at radius 2 is 1.83 bits per heavy atom. The van der Waals surface area contributed by atoms with Crippen LogP contribution in [0.4, 0.5) is 0 Å². The molecule has 0 saturated carbocycles. The van der Waals surface area contributed by atoms with Crippen LogP contribution in [0.15, 0.2) is 29.3 Å². The van der Waals surface area contributed by atoms with Gasteiger partial charge in [-0.2, -0.15) is 0 Å². The van der Waals surface area contributed by atoms with Gasteiger partial charge in [0.1, 0.15) is 12.3 Å². The second kappa shape index (κ2) is 11.8. The normalized spacial score (nSPS) is 18.9. The Hall–Kier alpha value is -2.32. The molecule has 1 aromatic carbocycles. The number of methoxy groups -OCH3 is 1. The van der Waals surface area contributed by atoms with E-state index < -0.39 is 0 Å². The molecule has 2 N–H and O–H groups in total. The first-order valence-electron chi connectivity index (χ1n) is 11.0. The molecule has 1 amide bonds. The highest BCUT2D eigenvalue weighted by atomic mass is 16.5. The average Bonchev–Trinajstić information content (AvgIpc) is 3.33. The molecule has 166 valence electrons. The van der Waals surface area contributed by atoms with Crippen molar-refractivity contribution in [3.05, 3.63) is 29.8 Å². The van der Waals surface area contributed by atoms with E-state index in [9.17, 15) is 4.79 Å². The molecule has 1 aromatic rings. The molecule has 0 radical (unpaired) electrons. The topological polar surface area (TPSA) is 78.4 Å². The smallest absolute Gasteiger partial charge is 0.244 e. The van der Waals surface area contributed by atoms with Crippen molar-refractivity contribution in [2.45, 2.75) is 25.8 Å². The third-order valence-corrected chi connectivity index (χ3v) is 5.63. The summed E-state index contributed by atoms with van der Waals surface area (Å²) < 4.78 is 10.8. The lowest BCUT2D eigenvalue weighted by Gasteiger charge is -2.35. The summed E-state index contributed by atoms with van der Waals surface area (Å²) in [6.45, 7) is 8.62. The molecule has 30 heavy (non-hydrogen) atoms. The van der Waals surface area contributed by atoms with E-state index in [2.05, 4.69) is 32.7 Å². The number of guanidine groups is 1. The monoisotopic (exact) mass is 417 g/mol. The minimum atomic E-state index is 0.101. The molecule has 8 nitrogen and oxygen atoms in total. The molecule has 0 aromatic heterocycles. The van der Waals surface area contributed by atoms with E-state index >= 15 is 0 Å². The molecular weight excluding hydrogens is 382 g/mol. The maximum absolute atomic E-state index is 12.4. The standard InChI is InChI=1S/C22H35N5O3/c1-3-23-22(25-17-21(28)27-10-4-5-11-27)24-16-20(26-12-14-30-15-13-26)18-6-8-19(29-2)9-7-18/h6-9,20H,3-5,10-17H2,1-2H3,(H2,23,24,25). The van der Waals surface area contributed by atoms with Gasteiger partial charge in [0.05, 0.1) is 26.4 Å². The second-order valence-corrected chi connectivity index (χ2v) is 7.60. The molecule has 2 aliphatic heterocycles. The van der Waals surface area contributed by atoms with Crippen molar-refractivity contribution >= 4 is 11.9 Å². The van der Waals surface area contributed by atoms with Crippen molar-refractivity contribution in [1.29, 1.82) is 0 Å². The van der Waals surface area contributed by atoms with E-state index in [1.807, 2.05) is 24.0 Å². The van der Waals surface area contributed by atoms with Crippen molar-refractivity contribution in [2.75, 3.05) is 66.1 Å². The summed E-state index contributed by atoms with van der Waals surface area (Å²) in [5, 5.41) is 6.71. The predicted molar refractivity (Wildman–Crippen MR) is 118 cm³/mol. The van der Waals surface area contributed by atoms with E-state index in [1.54, 1.807) is 7.11 Å². The molecule has 0 spiro atoms. The predicted octanol–water partition coefficient (Wildman–Crippen LogP) is 1.25. The molecule has 3 rings (SSSR count). The summed E-state index contributed by atoms with van der Waals surface area (Å²) in [4.78, 5) is 21.2. The number of carbonyl (C=O) groups is 1. The zero-order chi connectivity index (χ0) is 21.2. The Morgan fingerprint density at radius 3 is 2.47 bits per heavy atom. The van der Waals surface area contributed by atoms with Gasteiger partial charge in [0.25, 0.3) is 0 Å². The number of ether oxygens (including phenoxy) is 2. The first-order valence-corrected chi connectivity index (χ1v) is 11.0. The molecule has 2 fully saturated rings. The Labute approximate surface area is 179 Å². The summed E-state index contributed by atoms with van der Waals surface area (Å²) in [6, 6.07) is 8.40. The van der Waals surface area contributed by atoms with Crippen molar-refractivity contribution in [1.82, 2.24) is 20.4 Å². The summed E-state index contributed by atoms with van der Waals surface area (Å²) in [5.41, 5.74) is 1.22. The van der Waals surface area contributed by atoms with Crippen LogP contribution in [0.2, 0.25) is 0 Å². The van der Waals surface area contributed by atoms with Crippen LogP contribution in [0, 0.1) is 0 Å². The maximum atomic E-state index is 12.4. The highest BCUT2D eigenvalue weighted by molar-refractivity contribution is 5.85. The number of carbonyl (C=O) groups excluding carboxylic acids is 1. The number of benzene rings is 1. The van der Waals surface area contributed by atoms with Crippen LogP contribution >= 0.6 is 0 Å². The average molecular weight is 418 g/mol. The summed E-state index contributed by atoms with van der Waals surface area (Å²) in [7, 11) is 1.68. The van der Waals surface area contributed by atoms with Crippen molar-refractivity contribution in [3.63, 3.8) is 0 Å². The Morgan fingerprint density at radius 1 is 1.13 bits per heavy atom. The fourth-order valence-electron chi connectivity index (χ4n) is 3.92. The van der Waals surface area contributed by atoms with Crippen LogP contribution in [0.3, 0.4) is 0 Å². The highest BCUT2D eigenvalue weighted by Crippen LogP contribution is 2.23. The van der Waals surface area contributed by atoms with Gasteiger partial charge in [0.2, 0.25) is 5.91 Å². The molecule has 0 aliphatic carbocycles. The third kappa shape index (κ3) is 6.34. The Bertz CT molecular complexity index is 683. The Balaban J connectivity index is 1.66. The number of likely N-dealkylation sites (tertiary alicyclic amines) is 1. The van der Waals surface area contributed by atoms with Crippen LogP contribution in [-0.2, 0) is 9.53 Å². The van der Waals surface area contributed by atoms with Crippen LogP contribution in [0.1, 0.15) is 31.4 Å². The lowest BCUT2D eigenvalue weighted by Crippen LogP contribution is -2.46. The number of rotatable bonds is 8. The van der Waals surface area contributed by atoms with Crippen LogP contribution in [-0.4, -0.2) is 87.8 Å². The van der Waals surface area contributed by atoms with E-state index in [4.69, 9.17) is 9.47 Å². The zero-order valence-electron chi connectivity index (χ0n) is 18.2. The van der Waals surface area contributed by atoms with Crippen molar-refractivity contribution < 1.29 is 14.3 Å². The van der Waals surface area contributed by atoms with Gasteiger partial charge in [0.15, 0.2) is 5.96 Å². The fourth-order valence-corrected chi connectivity index (χ4v) is 3.92. The van der Waals surface area contributed by atoms with Crippen molar-refractivity contribution in [3.8, 4) is 5.75 Å². The number of hydrogen-bond donors (Lipinski definition) is 2. The summed E-state index contributed by atoms with van der Waals surface area (Å²) >= 11 is 0. The lowest BCUT2D eigenvalue weighted by atomic mass is 10.0. The van der Waals surface area contributed by atoms with Gasteiger partial charge in [-0.3, -0.25) is 9.69 Å². The molecule has 1 unspecified atom stereocenters. The van der Waals surface area contributed by atoms with Gasteiger partial charge < -0.3 is 25.0 Å². The van der Waals surface area contributed by atoms with Gasteiger partial charge in [0, 0.05) is 39.3 Å². The van der Waals surface area contributed by atoms with Crippen LogP contribution in [0.25, 0.3) is 0 Å². The third-order valence-electron chi connectivity index (χ3n) is 5.63.